The molecule has 1 aliphatic carbocycles. The molecule has 0 saturated heterocycles. The van der Waals surface area contributed by atoms with Gasteiger partial charge in [-0.1, -0.05) is 0 Å². The van der Waals surface area contributed by atoms with E-state index in [0.29, 0.717) is 24.0 Å². The van der Waals surface area contributed by atoms with Crippen molar-refractivity contribution in [1.82, 2.24) is 0 Å². The van der Waals surface area contributed by atoms with Gasteiger partial charge in [-0.05, 0) is 48.4 Å². The van der Waals surface area contributed by atoms with Crippen LogP contribution in [0.4, 0.5) is 8.78 Å². The van der Waals surface area contributed by atoms with Crippen LogP contribution < -0.4 is 0 Å². The van der Waals surface area contributed by atoms with Crippen LogP contribution in [-0.4, -0.2) is 11.7 Å². The molecule has 14 heavy (non-hydrogen) atoms. The van der Waals surface area contributed by atoms with Gasteiger partial charge in [-0.25, -0.2) is 8.78 Å². The van der Waals surface area contributed by atoms with E-state index in [4.69, 9.17) is 5.11 Å². The van der Waals surface area contributed by atoms with Crippen molar-refractivity contribution >= 4 is 0 Å². The number of rotatable bonds is 2. The number of hydrogen-bond acceptors (Lipinski definition) is 1. The number of halogens is 2. The lowest BCUT2D eigenvalue weighted by molar-refractivity contribution is 0.274. The SMILES string of the molecule is OCCC1CCc2c(F)ccc(F)c21. The molecule has 1 N–H and O–H groups in total. The summed E-state index contributed by atoms with van der Waals surface area (Å²) in [5.41, 5.74) is 0.988. The zero-order valence-electron chi connectivity index (χ0n) is 7.76. The number of hydrogen-bond donors (Lipinski definition) is 1. The summed E-state index contributed by atoms with van der Waals surface area (Å²) in [4.78, 5) is 0. The Morgan fingerprint density at radius 3 is 2.71 bits per heavy atom. The Morgan fingerprint density at radius 2 is 2.00 bits per heavy atom. The highest BCUT2D eigenvalue weighted by Gasteiger charge is 2.27. The number of aliphatic hydroxyl groups excluding tert-OH is 1. The van der Waals surface area contributed by atoms with E-state index < -0.39 is 0 Å². The summed E-state index contributed by atoms with van der Waals surface area (Å²) in [7, 11) is 0. The Bertz CT molecular complexity index is 349. The molecule has 1 unspecified atom stereocenters. The van der Waals surface area contributed by atoms with E-state index in [1.807, 2.05) is 0 Å². The first-order valence-electron chi connectivity index (χ1n) is 4.81. The lowest BCUT2D eigenvalue weighted by Gasteiger charge is -2.10. The minimum Gasteiger partial charge on any atom is -0.396 e. The number of benzene rings is 1. The van der Waals surface area contributed by atoms with Crippen LogP contribution in [-0.2, 0) is 6.42 Å². The lowest BCUT2D eigenvalue weighted by Crippen LogP contribution is -2.00. The van der Waals surface area contributed by atoms with Crippen molar-refractivity contribution in [3.63, 3.8) is 0 Å². The van der Waals surface area contributed by atoms with E-state index in [1.54, 1.807) is 0 Å². The van der Waals surface area contributed by atoms with Crippen molar-refractivity contribution in [3.8, 4) is 0 Å². The average molecular weight is 198 g/mol. The van der Waals surface area contributed by atoms with Gasteiger partial charge < -0.3 is 5.11 Å². The molecular weight excluding hydrogens is 186 g/mol. The van der Waals surface area contributed by atoms with Crippen molar-refractivity contribution in [2.45, 2.75) is 25.2 Å². The molecule has 0 heterocycles. The Morgan fingerprint density at radius 1 is 1.29 bits per heavy atom. The van der Waals surface area contributed by atoms with Crippen LogP contribution in [0.25, 0.3) is 0 Å². The third-order valence-corrected chi connectivity index (χ3v) is 2.88. The smallest absolute Gasteiger partial charge is 0.127 e. The summed E-state index contributed by atoms with van der Waals surface area (Å²) in [5.74, 6) is -0.662. The van der Waals surface area contributed by atoms with Gasteiger partial charge in [-0.15, -0.1) is 0 Å². The average Bonchev–Trinajstić information content (AvgIpc) is 2.58. The second-order valence-corrected chi connectivity index (χ2v) is 3.67. The molecule has 76 valence electrons. The molecule has 0 aliphatic heterocycles. The molecule has 0 amide bonds. The predicted molar refractivity (Wildman–Crippen MR) is 49.1 cm³/mol. The van der Waals surface area contributed by atoms with E-state index in [-0.39, 0.29) is 24.2 Å². The maximum Gasteiger partial charge on any atom is 0.127 e. The Kier molecular flexibility index (Phi) is 2.50. The van der Waals surface area contributed by atoms with Crippen molar-refractivity contribution < 1.29 is 13.9 Å². The Labute approximate surface area is 81.4 Å². The molecule has 1 nitrogen and oxygen atoms in total. The van der Waals surface area contributed by atoms with Crippen LogP contribution in [0.15, 0.2) is 12.1 Å². The molecule has 3 heteroatoms. The van der Waals surface area contributed by atoms with Gasteiger partial charge in [-0.2, -0.15) is 0 Å². The standard InChI is InChI=1S/C11H12F2O/c12-9-3-4-10(13)11-7(5-6-14)1-2-8(9)11/h3-4,7,14H,1-2,5-6H2. The summed E-state index contributed by atoms with van der Waals surface area (Å²) < 4.78 is 26.7. The first kappa shape index (κ1) is 9.59. The largest absolute Gasteiger partial charge is 0.396 e. The maximum atomic E-state index is 13.4. The van der Waals surface area contributed by atoms with Crippen LogP contribution in [0.1, 0.15) is 29.9 Å². The Balaban J connectivity index is 2.42. The topological polar surface area (TPSA) is 20.2 Å². The highest BCUT2D eigenvalue weighted by molar-refractivity contribution is 5.37. The molecule has 1 aromatic carbocycles. The fourth-order valence-electron chi connectivity index (χ4n) is 2.21. The fourth-order valence-corrected chi connectivity index (χ4v) is 2.21. The molecule has 1 aromatic rings. The van der Waals surface area contributed by atoms with E-state index in [1.165, 1.54) is 12.1 Å². The van der Waals surface area contributed by atoms with E-state index >= 15 is 0 Å². The van der Waals surface area contributed by atoms with Crippen molar-refractivity contribution in [1.29, 1.82) is 0 Å². The summed E-state index contributed by atoms with van der Waals surface area (Å²) in [5, 5.41) is 8.80. The van der Waals surface area contributed by atoms with Gasteiger partial charge in [0.1, 0.15) is 11.6 Å². The molecular formula is C11H12F2O. The minimum absolute atomic E-state index is 0.00861. The van der Waals surface area contributed by atoms with Crippen LogP contribution in [0.3, 0.4) is 0 Å². The van der Waals surface area contributed by atoms with Gasteiger partial charge in [0.2, 0.25) is 0 Å². The third kappa shape index (κ3) is 1.42. The number of aliphatic hydroxyl groups is 1. The normalized spacial score (nSPS) is 19.8. The van der Waals surface area contributed by atoms with Crippen molar-refractivity contribution in [2.24, 2.45) is 0 Å². The second kappa shape index (κ2) is 3.65. The van der Waals surface area contributed by atoms with Crippen molar-refractivity contribution in [3.05, 3.63) is 34.9 Å². The highest BCUT2D eigenvalue weighted by Crippen LogP contribution is 2.38. The van der Waals surface area contributed by atoms with Crippen molar-refractivity contribution in [2.75, 3.05) is 6.61 Å². The molecule has 1 aliphatic rings. The zero-order valence-corrected chi connectivity index (χ0v) is 7.76. The van der Waals surface area contributed by atoms with Crippen LogP contribution in [0.5, 0.6) is 0 Å². The molecule has 0 radical (unpaired) electrons. The lowest BCUT2D eigenvalue weighted by atomic mass is 9.97. The summed E-state index contributed by atoms with van der Waals surface area (Å²) in [6, 6.07) is 2.35. The highest BCUT2D eigenvalue weighted by atomic mass is 19.1. The van der Waals surface area contributed by atoms with Crippen LogP contribution >= 0.6 is 0 Å². The summed E-state index contributed by atoms with van der Waals surface area (Å²) >= 11 is 0. The van der Waals surface area contributed by atoms with E-state index in [2.05, 4.69) is 0 Å². The first-order valence-corrected chi connectivity index (χ1v) is 4.81. The van der Waals surface area contributed by atoms with Gasteiger partial charge in [-0.3, -0.25) is 0 Å². The van der Waals surface area contributed by atoms with Gasteiger partial charge in [0.15, 0.2) is 0 Å². The molecule has 0 bridgehead atoms. The molecule has 0 saturated carbocycles. The van der Waals surface area contributed by atoms with Gasteiger partial charge in [0, 0.05) is 6.61 Å². The predicted octanol–water partition coefficient (Wildman–Crippen LogP) is 2.38. The second-order valence-electron chi connectivity index (χ2n) is 3.67. The molecule has 2 rings (SSSR count). The van der Waals surface area contributed by atoms with Gasteiger partial charge >= 0.3 is 0 Å². The fraction of sp³-hybridized carbons (Fsp3) is 0.455. The first-order chi connectivity index (χ1) is 6.74. The molecule has 0 spiro atoms. The molecule has 1 atom stereocenters. The van der Waals surface area contributed by atoms with Gasteiger partial charge in [0.25, 0.3) is 0 Å². The monoisotopic (exact) mass is 198 g/mol. The minimum atomic E-state index is -0.336. The molecule has 0 fully saturated rings. The third-order valence-electron chi connectivity index (χ3n) is 2.88. The zero-order chi connectivity index (χ0) is 10.1. The maximum absolute atomic E-state index is 13.4. The quantitative estimate of drug-likeness (QED) is 0.773. The van der Waals surface area contributed by atoms with Crippen LogP contribution in [0, 0.1) is 11.6 Å². The summed E-state index contributed by atoms with van der Waals surface area (Å²) in [6.45, 7) is 0.0278. The van der Waals surface area contributed by atoms with E-state index in [0.717, 1.165) is 6.42 Å². The Hall–Kier alpha value is -0.960. The van der Waals surface area contributed by atoms with Crippen LogP contribution in [0.2, 0.25) is 0 Å². The van der Waals surface area contributed by atoms with Gasteiger partial charge in [0.05, 0.1) is 0 Å². The number of fused-ring (bicyclic) bond motifs is 1. The molecule has 0 aromatic heterocycles. The van der Waals surface area contributed by atoms with E-state index in [9.17, 15) is 8.78 Å². The summed E-state index contributed by atoms with van der Waals surface area (Å²) in [6.07, 6.45) is 1.85.